The Kier molecular flexibility index (Phi) is 6.45. The second-order valence-electron chi connectivity index (χ2n) is 4.08. The molecule has 0 aliphatic carbocycles. The van der Waals surface area contributed by atoms with Gasteiger partial charge in [0.2, 0.25) is 0 Å². The second-order valence-corrected chi connectivity index (χ2v) is 4.08. The topological polar surface area (TPSA) is 53.0 Å². The van der Waals surface area contributed by atoms with Gasteiger partial charge >= 0.3 is 6.09 Å². The molecular formula is C12H20N2O3. The lowest BCUT2D eigenvalue weighted by Crippen LogP contribution is -2.48. The van der Waals surface area contributed by atoms with Gasteiger partial charge in [-0.05, 0) is 19.4 Å². The molecule has 0 saturated carbocycles. The van der Waals surface area contributed by atoms with Gasteiger partial charge in [0.1, 0.15) is 6.61 Å². The number of unbranched alkanes of at least 4 members (excludes halogenated alkanes) is 1. The molecule has 0 radical (unpaired) electrons. The molecule has 96 valence electrons. The Hall–Kier alpha value is -1.25. The van der Waals surface area contributed by atoms with Crippen LogP contribution >= 0.6 is 0 Å². The van der Waals surface area contributed by atoms with E-state index in [9.17, 15) is 4.79 Å². The molecule has 1 rings (SSSR count). The van der Waals surface area contributed by atoms with E-state index in [1.165, 1.54) is 4.90 Å². The van der Waals surface area contributed by atoms with E-state index in [0.29, 0.717) is 26.3 Å². The van der Waals surface area contributed by atoms with Gasteiger partial charge in [0.25, 0.3) is 0 Å². The third-order valence-corrected chi connectivity index (χ3v) is 2.84. The predicted octanol–water partition coefficient (Wildman–Crippen LogP) is 0.712. The molecule has 0 aromatic heterocycles. The van der Waals surface area contributed by atoms with Gasteiger partial charge in [0.15, 0.2) is 0 Å². The van der Waals surface area contributed by atoms with Gasteiger partial charge < -0.3 is 14.7 Å². The van der Waals surface area contributed by atoms with Crippen molar-refractivity contribution in [3.05, 3.63) is 0 Å². The van der Waals surface area contributed by atoms with Crippen LogP contribution < -0.4 is 0 Å². The summed E-state index contributed by atoms with van der Waals surface area (Å²) in [5.41, 5.74) is 0. The number of amides is 1. The number of nitrogens with zero attached hydrogens (tertiary/aromatic N) is 2. The summed E-state index contributed by atoms with van der Waals surface area (Å²) >= 11 is 0. The van der Waals surface area contributed by atoms with E-state index >= 15 is 0 Å². The van der Waals surface area contributed by atoms with Gasteiger partial charge in [-0.1, -0.05) is 5.92 Å². The minimum Gasteiger partial charge on any atom is -0.465 e. The lowest BCUT2D eigenvalue weighted by Gasteiger charge is -2.32. The van der Waals surface area contributed by atoms with Gasteiger partial charge in [0, 0.05) is 32.8 Å². The van der Waals surface area contributed by atoms with E-state index in [2.05, 4.69) is 10.8 Å². The van der Waals surface area contributed by atoms with Crippen LogP contribution in [0.15, 0.2) is 0 Å². The SMILES string of the molecule is C#CCOCCCCN1CCN(C(=O)O)CC1. The average molecular weight is 240 g/mol. The number of carbonyl (C=O) groups is 1. The molecule has 17 heavy (non-hydrogen) atoms. The summed E-state index contributed by atoms with van der Waals surface area (Å²) in [6, 6.07) is 0. The second kappa shape index (κ2) is 7.93. The zero-order chi connectivity index (χ0) is 12.5. The number of hydrogen-bond donors (Lipinski definition) is 1. The molecule has 1 heterocycles. The number of ether oxygens (including phenoxy) is 1. The molecular weight excluding hydrogens is 220 g/mol. The van der Waals surface area contributed by atoms with Crippen LogP contribution in [0.2, 0.25) is 0 Å². The Labute approximate surface area is 102 Å². The minimum atomic E-state index is -0.813. The Morgan fingerprint density at radius 2 is 2.00 bits per heavy atom. The number of hydrogen-bond acceptors (Lipinski definition) is 3. The van der Waals surface area contributed by atoms with Crippen molar-refractivity contribution in [2.75, 3.05) is 45.9 Å². The molecule has 5 heteroatoms. The van der Waals surface area contributed by atoms with Crippen molar-refractivity contribution in [1.29, 1.82) is 0 Å². The highest BCUT2D eigenvalue weighted by atomic mass is 16.5. The fourth-order valence-corrected chi connectivity index (χ4v) is 1.83. The molecule has 1 fully saturated rings. The van der Waals surface area contributed by atoms with Crippen LogP contribution in [-0.4, -0.2) is 66.9 Å². The summed E-state index contributed by atoms with van der Waals surface area (Å²) < 4.78 is 5.18. The van der Waals surface area contributed by atoms with Gasteiger partial charge in [-0.15, -0.1) is 6.42 Å². The molecule has 0 aromatic carbocycles. The van der Waals surface area contributed by atoms with Crippen molar-refractivity contribution in [2.24, 2.45) is 0 Å². The van der Waals surface area contributed by atoms with E-state index in [4.69, 9.17) is 16.3 Å². The molecule has 1 N–H and O–H groups in total. The van der Waals surface area contributed by atoms with Crippen LogP contribution in [-0.2, 0) is 4.74 Å². The lowest BCUT2D eigenvalue weighted by molar-refractivity contribution is 0.102. The lowest BCUT2D eigenvalue weighted by atomic mass is 10.2. The molecule has 0 bridgehead atoms. The van der Waals surface area contributed by atoms with Crippen molar-refractivity contribution >= 4 is 6.09 Å². The maximum absolute atomic E-state index is 10.7. The largest absolute Gasteiger partial charge is 0.465 e. The van der Waals surface area contributed by atoms with Crippen molar-refractivity contribution < 1.29 is 14.6 Å². The highest BCUT2D eigenvalue weighted by molar-refractivity contribution is 5.65. The number of carboxylic acid groups (broad SMARTS) is 1. The number of terminal acetylenes is 1. The van der Waals surface area contributed by atoms with Gasteiger partial charge in [0.05, 0.1) is 0 Å². The first kappa shape index (κ1) is 13.8. The number of piperazine rings is 1. The van der Waals surface area contributed by atoms with Crippen LogP contribution in [0.1, 0.15) is 12.8 Å². The smallest absolute Gasteiger partial charge is 0.407 e. The molecule has 0 aromatic rings. The molecule has 1 aliphatic heterocycles. The summed E-state index contributed by atoms with van der Waals surface area (Å²) in [7, 11) is 0. The normalized spacial score (nSPS) is 16.8. The first-order valence-corrected chi connectivity index (χ1v) is 5.95. The highest BCUT2D eigenvalue weighted by Crippen LogP contribution is 2.03. The van der Waals surface area contributed by atoms with Crippen molar-refractivity contribution in [3.8, 4) is 12.3 Å². The van der Waals surface area contributed by atoms with Crippen molar-refractivity contribution in [3.63, 3.8) is 0 Å². The standard InChI is InChI=1S/C12H20N2O3/c1-2-10-17-11-4-3-5-13-6-8-14(9-7-13)12(15)16/h1H,3-11H2,(H,15,16). The van der Waals surface area contributed by atoms with Crippen LogP contribution in [0.5, 0.6) is 0 Å². The molecule has 1 saturated heterocycles. The van der Waals surface area contributed by atoms with Crippen molar-refractivity contribution in [1.82, 2.24) is 9.80 Å². The Balaban J connectivity index is 1.99. The Bertz CT molecular complexity index is 267. The third-order valence-electron chi connectivity index (χ3n) is 2.84. The average Bonchev–Trinajstić information content (AvgIpc) is 2.34. The molecule has 0 spiro atoms. The molecule has 0 atom stereocenters. The maximum atomic E-state index is 10.7. The Morgan fingerprint density at radius 3 is 2.59 bits per heavy atom. The number of rotatable bonds is 6. The van der Waals surface area contributed by atoms with Crippen LogP contribution in [0, 0.1) is 12.3 Å². The van der Waals surface area contributed by atoms with Crippen LogP contribution in [0.3, 0.4) is 0 Å². The van der Waals surface area contributed by atoms with E-state index in [1.807, 2.05) is 0 Å². The minimum absolute atomic E-state index is 0.386. The maximum Gasteiger partial charge on any atom is 0.407 e. The fraction of sp³-hybridized carbons (Fsp3) is 0.750. The quantitative estimate of drug-likeness (QED) is 0.549. The summed E-state index contributed by atoms with van der Waals surface area (Å²) in [5.74, 6) is 2.43. The molecule has 5 nitrogen and oxygen atoms in total. The zero-order valence-corrected chi connectivity index (χ0v) is 10.1. The summed E-state index contributed by atoms with van der Waals surface area (Å²) in [4.78, 5) is 14.5. The van der Waals surface area contributed by atoms with E-state index < -0.39 is 6.09 Å². The fourth-order valence-electron chi connectivity index (χ4n) is 1.83. The summed E-state index contributed by atoms with van der Waals surface area (Å²) in [6.45, 7) is 4.99. The van der Waals surface area contributed by atoms with Gasteiger partial charge in [-0.25, -0.2) is 4.79 Å². The van der Waals surface area contributed by atoms with Gasteiger partial charge in [-0.3, -0.25) is 4.90 Å². The van der Waals surface area contributed by atoms with Crippen LogP contribution in [0.4, 0.5) is 4.79 Å². The van der Waals surface area contributed by atoms with E-state index in [0.717, 1.165) is 32.5 Å². The zero-order valence-electron chi connectivity index (χ0n) is 10.1. The highest BCUT2D eigenvalue weighted by Gasteiger charge is 2.19. The van der Waals surface area contributed by atoms with Crippen LogP contribution in [0.25, 0.3) is 0 Å². The summed E-state index contributed by atoms with van der Waals surface area (Å²) in [6.07, 6.45) is 6.32. The Morgan fingerprint density at radius 1 is 1.29 bits per heavy atom. The van der Waals surface area contributed by atoms with E-state index in [1.54, 1.807) is 0 Å². The molecule has 0 unspecified atom stereocenters. The molecule has 1 aliphatic rings. The van der Waals surface area contributed by atoms with Gasteiger partial charge in [-0.2, -0.15) is 0 Å². The van der Waals surface area contributed by atoms with E-state index in [-0.39, 0.29) is 0 Å². The first-order chi connectivity index (χ1) is 8.24. The monoisotopic (exact) mass is 240 g/mol. The first-order valence-electron chi connectivity index (χ1n) is 5.95. The molecule has 1 amide bonds. The third kappa shape index (κ3) is 5.57. The predicted molar refractivity (Wildman–Crippen MR) is 64.9 cm³/mol. The summed E-state index contributed by atoms with van der Waals surface area (Å²) in [5, 5.41) is 8.80. The van der Waals surface area contributed by atoms with Crippen molar-refractivity contribution in [2.45, 2.75) is 12.8 Å².